The van der Waals surface area contributed by atoms with Gasteiger partial charge in [-0.1, -0.05) is 6.08 Å². The van der Waals surface area contributed by atoms with Crippen LogP contribution in [-0.4, -0.2) is 5.78 Å². The fourth-order valence-corrected chi connectivity index (χ4v) is 1.79. The third-order valence-electron chi connectivity index (χ3n) is 2.48. The van der Waals surface area contributed by atoms with E-state index in [0.29, 0.717) is 18.4 Å². The van der Waals surface area contributed by atoms with Crippen LogP contribution in [0.1, 0.15) is 24.0 Å². The van der Waals surface area contributed by atoms with Crippen molar-refractivity contribution < 1.29 is 13.6 Å². The van der Waals surface area contributed by atoms with E-state index in [9.17, 15) is 13.6 Å². The van der Waals surface area contributed by atoms with Crippen LogP contribution >= 0.6 is 0 Å². The molecule has 1 aromatic rings. The Morgan fingerprint density at radius 1 is 1.20 bits per heavy atom. The van der Waals surface area contributed by atoms with Gasteiger partial charge in [-0.05, 0) is 31.0 Å². The van der Waals surface area contributed by atoms with Crippen LogP contribution in [0.25, 0.3) is 5.57 Å². The standard InChI is InChI=1S/C12H10F2O/c1-7-5-9(13)12(10(14)6-7)8-3-2-4-11(8)15/h3,5-6H,2,4H2,1H3. The lowest BCUT2D eigenvalue weighted by Crippen LogP contribution is -2.01. The molecule has 0 aromatic heterocycles. The number of allylic oxidation sites excluding steroid dienone is 2. The van der Waals surface area contributed by atoms with Crippen molar-refractivity contribution in [3.05, 3.63) is 41.0 Å². The first-order valence-electron chi connectivity index (χ1n) is 4.79. The molecule has 1 aliphatic rings. The van der Waals surface area contributed by atoms with Gasteiger partial charge in [0.25, 0.3) is 0 Å². The van der Waals surface area contributed by atoms with E-state index in [1.165, 1.54) is 12.1 Å². The molecule has 3 heteroatoms. The maximum atomic E-state index is 13.5. The second-order valence-corrected chi connectivity index (χ2v) is 3.68. The van der Waals surface area contributed by atoms with E-state index < -0.39 is 11.6 Å². The lowest BCUT2D eigenvalue weighted by molar-refractivity contribution is -0.113. The van der Waals surface area contributed by atoms with Crippen LogP contribution in [0, 0.1) is 18.6 Å². The average Bonchev–Trinajstić information content (AvgIpc) is 2.50. The molecule has 0 bridgehead atoms. The first-order chi connectivity index (χ1) is 7.09. The highest BCUT2D eigenvalue weighted by atomic mass is 19.1. The smallest absolute Gasteiger partial charge is 0.163 e. The van der Waals surface area contributed by atoms with Crippen molar-refractivity contribution in [3.8, 4) is 0 Å². The zero-order chi connectivity index (χ0) is 11.0. The molecule has 0 fully saturated rings. The Morgan fingerprint density at radius 2 is 1.80 bits per heavy atom. The summed E-state index contributed by atoms with van der Waals surface area (Å²) in [6.45, 7) is 1.61. The fraction of sp³-hybridized carbons (Fsp3) is 0.250. The summed E-state index contributed by atoms with van der Waals surface area (Å²) in [6, 6.07) is 2.48. The number of benzene rings is 1. The largest absolute Gasteiger partial charge is 0.294 e. The van der Waals surface area contributed by atoms with Crippen molar-refractivity contribution in [1.29, 1.82) is 0 Å². The predicted molar refractivity (Wildman–Crippen MR) is 53.3 cm³/mol. The summed E-state index contributed by atoms with van der Waals surface area (Å²) in [5, 5.41) is 0. The number of aryl methyl sites for hydroxylation is 1. The van der Waals surface area contributed by atoms with Crippen molar-refractivity contribution in [2.45, 2.75) is 19.8 Å². The number of rotatable bonds is 1. The summed E-state index contributed by atoms with van der Waals surface area (Å²) in [6.07, 6.45) is 2.52. The SMILES string of the molecule is Cc1cc(F)c(C2=CCCC2=O)c(F)c1. The Hall–Kier alpha value is -1.51. The number of carbonyl (C=O) groups is 1. The van der Waals surface area contributed by atoms with Crippen molar-refractivity contribution in [3.63, 3.8) is 0 Å². The lowest BCUT2D eigenvalue weighted by atomic mass is 10.0. The molecule has 0 atom stereocenters. The summed E-state index contributed by atoms with van der Waals surface area (Å²) in [5.74, 6) is -1.50. The highest BCUT2D eigenvalue weighted by Crippen LogP contribution is 2.29. The summed E-state index contributed by atoms with van der Waals surface area (Å²) in [7, 11) is 0. The number of halogens is 2. The van der Waals surface area contributed by atoms with Gasteiger partial charge in [0.2, 0.25) is 0 Å². The number of carbonyl (C=O) groups excluding carboxylic acids is 1. The summed E-state index contributed by atoms with van der Waals surface area (Å²) >= 11 is 0. The van der Waals surface area contributed by atoms with Crippen molar-refractivity contribution in [1.82, 2.24) is 0 Å². The van der Waals surface area contributed by atoms with Crippen molar-refractivity contribution in [2.75, 3.05) is 0 Å². The molecule has 0 N–H and O–H groups in total. The quantitative estimate of drug-likeness (QED) is 0.693. The molecule has 0 amide bonds. The van der Waals surface area contributed by atoms with Crippen molar-refractivity contribution >= 4 is 11.4 Å². The molecule has 0 radical (unpaired) electrons. The van der Waals surface area contributed by atoms with Crippen LogP contribution in [0.5, 0.6) is 0 Å². The minimum absolute atomic E-state index is 0.178. The van der Waals surface area contributed by atoms with Crippen LogP contribution in [-0.2, 0) is 4.79 Å². The minimum atomic E-state index is -0.658. The van der Waals surface area contributed by atoms with Gasteiger partial charge in [-0.2, -0.15) is 0 Å². The van der Waals surface area contributed by atoms with E-state index in [-0.39, 0.29) is 16.9 Å². The molecule has 0 saturated carbocycles. The molecule has 0 spiro atoms. The molecule has 1 aromatic carbocycles. The molecular weight excluding hydrogens is 198 g/mol. The molecule has 78 valence electrons. The van der Waals surface area contributed by atoms with Gasteiger partial charge < -0.3 is 0 Å². The Kier molecular flexibility index (Phi) is 2.39. The molecule has 0 aliphatic heterocycles. The second-order valence-electron chi connectivity index (χ2n) is 3.68. The lowest BCUT2D eigenvalue weighted by Gasteiger charge is -2.06. The summed E-state index contributed by atoms with van der Waals surface area (Å²) in [4.78, 5) is 11.4. The van der Waals surface area contributed by atoms with Crippen LogP contribution in [0.15, 0.2) is 18.2 Å². The molecule has 0 saturated heterocycles. The maximum absolute atomic E-state index is 13.5. The molecule has 0 unspecified atom stereocenters. The number of ketones is 1. The highest BCUT2D eigenvalue weighted by Gasteiger charge is 2.23. The third kappa shape index (κ3) is 1.69. The predicted octanol–water partition coefficient (Wildman–Crippen LogP) is 3.02. The molecular formula is C12H10F2O. The molecule has 0 heterocycles. The van der Waals surface area contributed by atoms with E-state index >= 15 is 0 Å². The van der Waals surface area contributed by atoms with E-state index in [1.54, 1.807) is 13.0 Å². The first-order valence-corrected chi connectivity index (χ1v) is 4.79. The first kappa shape index (κ1) is 10.0. The maximum Gasteiger partial charge on any atom is 0.163 e. The van der Waals surface area contributed by atoms with Gasteiger partial charge in [0.05, 0.1) is 5.56 Å². The zero-order valence-corrected chi connectivity index (χ0v) is 8.31. The van der Waals surface area contributed by atoms with Gasteiger partial charge in [-0.15, -0.1) is 0 Å². The Labute approximate surface area is 86.4 Å². The van der Waals surface area contributed by atoms with E-state index in [0.717, 1.165) is 0 Å². The van der Waals surface area contributed by atoms with Gasteiger partial charge in [0.1, 0.15) is 11.6 Å². The van der Waals surface area contributed by atoms with E-state index in [2.05, 4.69) is 0 Å². The molecule has 1 aliphatic carbocycles. The summed E-state index contributed by atoms with van der Waals surface area (Å²) < 4.78 is 27.0. The van der Waals surface area contributed by atoms with Crippen LogP contribution in [0.2, 0.25) is 0 Å². The van der Waals surface area contributed by atoms with Gasteiger partial charge in [-0.3, -0.25) is 4.79 Å². The van der Waals surface area contributed by atoms with Crippen LogP contribution in [0.3, 0.4) is 0 Å². The topological polar surface area (TPSA) is 17.1 Å². The van der Waals surface area contributed by atoms with Gasteiger partial charge in [-0.25, -0.2) is 8.78 Å². The number of Topliss-reactive ketones (excluding diaryl/α,β-unsaturated/α-hetero) is 1. The normalized spacial score (nSPS) is 15.7. The van der Waals surface area contributed by atoms with E-state index in [4.69, 9.17) is 0 Å². The fourth-order valence-electron chi connectivity index (χ4n) is 1.79. The number of hydrogen-bond donors (Lipinski definition) is 0. The molecule has 2 rings (SSSR count). The van der Waals surface area contributed by atoms with Crippen molar-refractivity contribution in [2.24, 2.45) is 0 Å². The van der Waals surface area contributed by atoms with Gasteiger partial charge >= 0.3 is 0 Å². The molecule has 15 heavy (non-hydrogen) atoms. The Bertz CT molecular complexity index is 438. The second kappa shape index (κ2) is 3.57. The summed E-state index contributed by atoms with van der Waals surface area (Å²) in [5.41, 5.74) is 0.521. The number of hydrogen-bond acceptors (Lipinski definition) is 1. The monoisotopic (exact) mass is 208 g/mol. The zero-order valence-electron chi connectivity index (χ0n) is 8.31. The molecule has 1 nitrogen and oxygen atoms in total. The average molecular weight is 208 g/mol. The van der Waals surface area contributed by atoms with Crippen LogP contribution < -0.4 is 0 Å². The minimum Gasteiger partial charge on any atom is -0.294 e. The Morgan fingerprint density at radius 3 is 2.27 bits per heavy atom. The van der Waals surface area contributed by atoms with Crippen LogP contribution in [0.4, 0.5) is 8.78 Å². The van der Waals surface area contributed by atoms with E-state index in [1.807, 2.05) is 0 Å². The third-order valence-corrected chi connectivity index (χ3v) is 2.48. The highest BCUT2D eigenvalue weighted by molar-refractivity contribution is 6.22. The van der Waals surface area contributed by atoms with Gasteiger partial charge in [0.15, 0.2) is 5.78 Å². The van der Waals surface area contributed by atoms with Gasteiger partial charge in [0, 0.05) is 12.0 Å². The Balaban J connectivity index is 2.58.